The molecule has 0 bridgehead atoms. The molecule has 0 spiro atoms. The SMILES string of the molecule is CCCNCCc1ccc(C)cc1Cl. The third kappa shape index (κ3) is 3.69. The monoisotopic (exact) mass is 211 g/mol. The summed E-state index contributed by atoms with van der Waals surface area (Å²) in [5.41, 5.74) is 2.46. The number of nitrogens with one attached hydrogen (secondary N) is 1. The molecular weight excluding hydrogens is 194 g/mol. The molecule has 0 fully saturated rings. The largest absolute Gasteiger partial charge is 0.316 e. The molecule has 1 rings (SSSR count). The maximum Gasteiger partial charge on any atom is 0.0441 e. The number of rotatable bonds is 5. The summed E-state index contributed by atoms with van der Waals surface area (Å²) < 4.78 is 0. The van der Waals surface area contributed by atoms with Crippen LogP contribution in [-0.2, 0) is 6.42 Å². The van der Waals surface area contributed by atoms with Crippen LogP contribution in [0, 0.1) is 6.92 Å². The fourth-order valence-corrected chi connectivity index (χ4v) is 1.71. The molecule has 0 radical (unpaired) electrons. The Balaban J connectivity index is 2.42. The first-order valence-electron chi connectivity index (χ1n) is 5.19. The summed E-state index contributed by atoms with van der Waals surface area (Å²) in [5.74, 6) is 0. The van der Waals surface area contributed by atoms with Gasteiger partial charge in [-0.1, -0.05) is 30.7 Å². The molecule has 0 unspecified atom stereocenters. The van der Waals surface area contributed by atoms with E-state index < -0.39 is 0 Å². The molecule has 0 aliphatic heterocycles. The van der Waals surface area contributed by atoms with Crippen molar-refractivity contribution < 1.29 is 0 Å². The van der Waals surface area contributed by atoms with Crippen LogP contribution in [0.3, 0.4) is 0 Å². The summed E-state index contributed by atoms with van der Waals surface area (Å²) in [6.07, 6.45) is 2.20. The van der Waals surface area contributed by atoms with Gasteiger partial charge in [0.2, 0.25) is 0 Å². The molecule has 2 heteroatoms. The summed E-state index contributed by atoms with van der Waals surface area (Å²) >= 11 is 6.11. The van der Waals surface area contributed by atoms with Crippen molar-refractivity contribution in [3.63, 3.8) is 0 Å². The third-order valence-electron chi connectivity index (χ3n) is 2.21. The first kappa shape index (κ1) is 11.5. The van der Waals surface area contributed by atoms with Gasteiger partial charge < -0.3 is 5.32 Å². The molecule has 0 aromatic heterocycles. The predicted octanol–water partition coefficient (Wildman–Crippen LogP) is 3.19. The van der Waals surface area contributed by atoms with E-state index in [2.05, 4.69) is 31.3 Å². The van der Waals surface area contributed by atoms with Crippen LogP contribution in [0.15, 0.2) is 18.2 Å². The van der Waals surface area contributed by atoms with Crippen LogP contribution < -0.4 is 5.32 Å². The molecule has 78 valence electrons. The van der Waals surface area contributed by atoms with Crippen LogP contribution in [0.1, 0.15) is 24.5 Å². The summed E-state index contributed by atoms with van der Waals surface area (Å²) in [4.78, 5) is 0. The maximum absolute atomic E-state index is 6.11. The van der Waals surface area contributed by atoms with Gasteiger partial charge in [0.1, 0.15) is 0 Å². The number of hydrogen-bond acceptors (Lipinski definition) is 1. The minimum atomic E-state index is 0.892. The summed E-state index contributed by atoms with van der Waals surface area (Å²) in [5, 5.41) is 4.26. The first-order chi connectivity index (χ1) is 6.74. The molecule has 1 aromatic carbocycles. The Morgan fingerprint density at radius 3 is 2.71 bits per heavy atom. The highest BCUT2D eigenvalue weighted by Crippen LogP contribution is 2.17. The van der Waals surface area contributed by atoms with Crippen LogP contribution in [0.4, 0.5) is 0 Å². The van der Waals surface area contributed by atoms with Crippen molar-refractivity contribution in [2.45, 2.75) is 26.7 Å². The molecule has 0 atom stereocenters. The normalized spacial score (nSPS) is 10.5. The molecule has 0 aliphatic carbocycles. The standard InChI is InChI=1S/C12H18ClN/c1-3-7-14-8-6-11-5-4-10(2)9-12(11)13/h4-5,9,14H,3,6-8H2,1-2H3. The highest BCUT2D eigenvalue weighted by Gasteiger charge is 1.99. The van der Waals surface area contributed by atoms with Crippen molar-refractivity contribution in [3.05, 3.63) is 34.3 Å². The number of hydrogen-bond donors (Lipinski definition) is 1. The second-order valence-electron chi connectivity index (χ2n) is 3.59. The van der Waals surface area contributed by atoms with E-state index in [0.29, 0.717) is 0 Å². The van der Waals surface area contributed by atoms with Crippen LogP contribution in [0.25, 0.3) is 0 Å². The zero-order valence-corrected chi connectivity index (χ0v) is 9.69. The molecule has 0 amide bonds. The second-order valence-corrected chi connectivity index (χ2v) is 4.00. The van der Waals surface area contributed by atoms with Gasteiger partial charge in [0.15, 0.2) is 0 Å². The summed E-state index contributed by atoms with van der Waals surface area (Å²) in [7, 11) is 0. The van der Waals surface area contributed by atoms with Gasteiger partial charge >= 0.3 is 0 Å². The molecular formula is C12H18ClN. The lowest BCUT2D eigenvalue weighted by atomic mass is 10.1. The van der Waals surface area contributed by atoms with E-state index in [1.165, 1.54) is 17.5 Å². The van der Waals surface area contributed by atoms with Gasteiger partial charge in [0, 0.05) is 5.02 Å². The van der Waals surface area contributed by atoms with Crippen molar-refractivity contribution >= 4 is 11.6 Å². The lowest BCUT2D eigenvalue weighted by Gasteiger charge is -2.06. The lowest BCUT2D eigenvalue weighted by Crippen LogP contribution is -2.17. The van der Waals surface area contributed by atoms with Gasteiger partial charge in [-0.2, -0.15) is 0 Å². The van der Waals surface area contributed by atoms with Crippen molar-refractivity contribution in [1.82, 2.24) is 5.32 Å². The fourth-order valence-electron chi connectivity index (χ4n) is 1.38. The van der Waals surface area contributed by atoms with Crippen LogP contribution in [-0.4, -0.2) is 13.1 Å². The smallest absolute Gasteiger partial charge is 0.0441 e. The van der Waals surface area contributed by atoms with Gasteiger partial charge in [0.25, 0.3) is 0 Å². The number of halogens is 1. The van der Waals surface area contributed by atoms with E-state index in [0.717, 1.165) is 24.5 Å². The molecule has 14 heavy (non-hydrogen) atoms. The quantitative estimate of drug-likeness (QED) is 0.738. The van der Waals surface area contributed by atoms with Crippen LogP contribution in [0.5, 0.6) is 0 Å². The van der Waals surface area contributed by atoms with Gasteiger partial charge in [0.05, 0.1) is 0 Å². The molecule has 0 heterocycles. The van der Waals surface area contributed by atoms with Gasteiger partial charge in [-0.3, -0.25) is 0 Å². The minimum absolute atomic E-state index is 0.892. The zero-order chi connectivity index (χ0) is 10.4. The van der Waals surface area contributed by atoms with E-state index in [4.69, 9.17) is 11.6 Å². The Labute approximate surface area is 91.5 Å². The number of benzene rings is 1. The van der Waals surface area contributed by atoms with E-state index in [9.17, 15) is 0 Å². The van der Waals surface area contributed by atoms with E-state index in [1.54, 1.807) is 0 Å². The van der Waals surface area contributed by atoms with Crippen molar-refractivity contribution in [1.29, 1.82) is 0 Å². The molecule has 1 N–H and O–H groups in total. The summed E-state index contributed by atoms with van der Waals surface area (Å²) in [6, 6.07) is 6.25. The minimum Gasteiger partial charge on any atom is -0.316 e. The fraction of sp³-hybridized carbons (Fsp3) is 0.500. The molecule has 1 nitrogen and oxygen atoms in total. The first-order valence-corrected chi connectivity index (χ1v) is 5.57. The average Bonchev–Trinajstić information content (AvgIpc) is 2.15. The molecule has 1 aromatic rings. The third-order valence-corrected chi connectivity index (χ3v) is 2.56. The topological polar surface area (TPSA) is 12.0 Å². The lowest BCUT2D eigenvalue weighted by molar-refractivity contribution is 0.671. The average molecular weight is 212 g/mol. The Hall–Kier alpha value is -0.530. The van der Waals surface area contributed by atoms with Crippen LogP contribution in [0.2, 0.25) is 5.02 Å². The van der Waals surface area contributed by atoms with E-state index in [-0.39, 0.29) is 0 Å². The maximum atomic E-state index is 6.11. The Bertz CT molecular complexity index is 284. The Morgan fingerprint density at radius 2 is 2.07 bits per heavy atom. The molecule has 0 saturated carbocycles. The predicted molar refractivity (Wildman–Crippen MR) is 63.1 cm³/mol. The summed E-state index contributed by atoms with van der Waals surface area (Å²) in [6.45, 7) is 6.33. The van der Waals surface area contributed by atoms with Crippen molar-refractivity contribution in [2.75, 3.05) is 13.1 Å². The van der Waals surface area contributed by atoms with Gasteiger partial charge in [-0.15, -0.1) is 0 Å². The Kier molecular flexibility index (Phi) is 4.99. The number of aryl methyl sites for hydroxylation is 1. The molecule has 0 saturated heterocycles. The van der Waals surface area contributed by atoms with Crippen molar-refractivity contribution in [3.8, 4) is 0 Å². The molecule has 0 aliphatic rings. The van der Waals surface area contributed by atoms with E-state index >= 15 is 0 Å². The van der Waals surface area contributed by atoms with E-state index in [1.807, 2.05) is 6.07 Å². The second kappa shape index (κ2) is 6.05. The van der Waals surface area contributed by atoms with Crippen LogP contribution >= 0.6 is 11.6 Å². The zero-order valence-electron chi connectivity index (χ0n) is 8.94. The Morgan fingerprint density at radius 1 is 1.29 bits per heavy atom. The highest BCUT2D eigenvalue weighted by atomic mass is 35.5. The van der Waals surface area contributed by atoms with Crippen molar-refractivity contribution in [2.24, 2.45) is 0 Å². The van der Waals surface area contributed by atoms with Gasteiger partial charge in [-0.05, 0) is 50.0 Å². The van der Waals surface area contributed by atoms with Gasteiger partial charge in [-0.25, -0.2) is 0 Å². The highest BCUT2D eigenvalue weighted by molar-refractivity contribution is 6.31.